The second-order valence-corrected chi connectivity index (χ2v) is 12.3. The fraction of sp³-hybridized carbons (Fsp3) is 0.552. The molecule has 3 heterocycles. The third-order valence-corrected chi connectivity index (χ3v) is 7.49. The fourth-order valence-electron chi connectivity index (χ4n) is 4.85. The van der Waals surface area contributed by atoms with E-state index in [0.29, 0.717) is 48.4 Å². The zero-order valence-electron chi connectivity index (χ0n) is 24.5. The molecule has 1 aliphatic heterocycles. The maximum absolute atomic E-state index is 14.4. The van der Waals surface area contributed by atoms with Crippen molar-refractivity contribution < 1.29 is 18.8 Å². The molecule has 0 aliphatic carbocycles. The van der Waals surface area contributed by atoms with E-state index >= 15 is 0 Å². The number of rotatable bonds is 4. The van der Waals surface area contributed by atoms with E-state index in [2.05, 4.69) is 14.7 Å². The number of hydrogen-bond donors (Lipinski definition) is 0. The molecule has 0 spiro atoms. The first kappa shape index (κ1) is 28.3. The molecule has 0 saturated heterocycles. The molecular weight excluding hydrogens is 496 g/mol. The number of hydrogen-bond acceptors (Lipinski definition) is 7. The summed E-state index contributed by atoms with van der Waals surface area (Å²) in [5.74, 6) is 1.25. The van der Waals surface area contributed by atoms with Crippen LogP contribution in [-0.4, -0.2) is 60.7 Å². The van der Waals surface area contributed by atoms with Crippen LogP contribution in [0.25, 0.3) is 11.4 Å². The van der Waals surface area contributed by atoms with Gasteiger partial charge in [-0.1, -0.05) is 56.3 Å². The van der Waals surface area contributed by atoms with Crippen LogP contribution in [-0.2, 0) is 23.4 Å². The molecule has 0 bridgehead atoms. The van der Waals surface area contributed by atoms with Crippen molar-refractivity contribution in [1.29, 1.82) is 0 Å². The molecule has 39 heavy (non-hydrogen) atoms. The van der Waals surface area contributed by atoms with Gasteiger partial charge in [-0.15, -0.1) is 0 Å². The third kappa shape index (κ3) is 5.42. The Hall–Kier alpha value is -3.69. The molecule has 0 radical (unpaired) electrons. The number of aryl methyl sites for hydroxylation is 1. The van der Waals surface area contributed by atoms with E-state index in [1.807, 2.05) is 78.8 Å². The normalized spacial score (nSPS) is 15.8. The van der Waals surface area contributed by atoms with Crippen molar-refractivity contribution in [2.75, 3.05) is 13.6 Å². The predicted molar refractivity (Wildman–Crippen MR) is 147 cm³/mol. The van der Waals surface area contributed by atoms with Gasteiger partial charge in [-0.2, -0.15) is 4.98 Å². The lowest BCUT2D eigenvalue weighted by Gasteiger charge is -2.45. The van der Waals surface area contributed by atoms with Crippen LogP contribution in [0.15, 0.2) is 34.9 Å². The Balaban J connectivity index is 1.83. The number of fused-ring (bicyclic) bond motifs is 1. The van der Waals surface area contributed by atoms with Crippen molar-refractivity contribution in [1.82, 2.24) is 29.5 Å². The van der Waals surface area contributed by atoms with Gasteiger partial charge in [-0.05, 0) is 46.5 Å². The Kier molecular flexibility index (Phi) is 7.35. The van der Waals surface area contributed by atoms with E-state index in [1.165, 1.54) is 0 Å². The van der Waals surface area contributed by atoms with Crippen LogP contribution in [0.5, 0.6) is 0 Å². The summed E-state index contributed by atoms with van der Waals surface area (Å²) in [5.41, 5.74) is -0.167. The molecule has 1 aliphatic rings. The molecule has 2 aromatic heterocycles. The average molecular weight is 537 g/mol. The average Bonchev–Trinajstić information content (AvgIpc) is 3.37. The first-order chi connectivity index (χ1) is 18.1. The van der Waals surface area contributed by atoms with Crippen LogP contribution in [0.3, 0.4) is 0 Å². The molecule has 0 fully saturated rings. The van der Waals surface area contributed by atoms with E-state index in [4.69, 9.17) is 14.2 Å². The van der Waals surface area contributed by atoms with E-state index in [9.17, 15) is 9.59 Å². The Labute approximate surface area is 230 Å². The Morgan fingerprint density at radius 3 is 2.23 bits per heavy atom. The highest BCUT2D eigenvalue weighted by molar-refractivity contribution is 5.95. The first-order valence-electron chi connectivity index (χ1n) is 13.3. The Morgan fingerprint density at radius 2 is 1.67 bits per heavy atom. The summed E-state index contributed by atoms with van der Waals surface area (Å²) in [5, 5.41) is 3.99. The molecule has 210 valence electrons. The summed E-state index contributed by atoms with van der Waals surface area (Å²) in [6.07, 6.45) is 0.290. The van der Waals surface area contributed by atoms with Crippen molar-refractivity contribution in [2.45, 2.75) is 86.0 Å². The number of aromatic nitrogens is 4. The van der Waals surface area contributed by atoms with Gasteiger partial charge in [-0.25, -0.2) is 9.78 Å². The summed E-state index contributed by atoms with van der Waals surface area (Å²) < 4.78 is 13.4. The van der Waals surface area contributed by atoms with Crippen LogP contribution >= 0.6 is 0 Å². The minimum absolute atomic E-state index is 0.204. The third-order valence-electron chi connectivity index (χ3n) is 7.49. The van der Waals surface area contributed by atoms with Gasteiger partial charge in [0.25, 0.3) is 11.8 Å². The summed E-state index contributed by atoms with van der Waals surface area (Å²) in [6, 6.07) is 9.79. The van der Waals surface area contributed by atoms with Gasteiger partial charge in [0.15, 0.2) is 11.5 Å². The van der Waals surface area contributed by atoms with Crippen LogP contribution < -0.4 is 0 Å². The van der Waals surface area contributed by atoms with Crippen molar-refractivity contribution >= 4 is 12.0 Å². The highest BCUT2D eigenvalue weighted by Gasteiger charge is 2.50. The number of imidazole rings is 1. The van der Waals surface area contributed by atoms with Crippen molar-refractivity contribution in [3.05, 3.63) is 53.4 Å². The van der Waals surface area contributed by atoms with E-state index < -0.39 is 22.6 Å². The van der Waals surface area contributed by atoms with Crippen molar-refractivity contribution in [3.8, 4) is 11.4 Å². The fourth-order valence-corrected chi connectivity index (χ4v) is 4.85. The van der Waals surface area contributed by atoms with E-state index in [1.54, 1.807) is 23.8 Å². The monoisotopic (exact) mass is 536 g/mol. The summed E-state index contributed by atoms with van der Waals surface area (Å²) in [4.78, 5) is 40.2. The molecule has 0 saturated carbocycles. The maximum atomic E-state index is 14.4. The lowest BCUT2D eigenvalue weighted by atomic mass is 9.73. The quantitative estimate of drug-likeness (QED) is 0.438. The Bertz CT molecular complexity index is 1350. The number of ether oxygens (including phenoxy) is 1. The lowest BCUT2D eigenvalue weighted by molar-refractivity contribution is 0.000382. The summed E-state index contributed by atoms with van der Waals surface area (Å²) in [6.45, 7) is 16.6. The molecule has 4 rings (SSSR count). The second kappa shape index (κ2) is 10.1. The van der Waals surface area contributed by atoms with Gasteiger partial charge in [0.05, 0.1) is 12.2 Å². The molecule has 2 amide bonds. The maximum Gasteiger partial charge on any atom is 0.410 e. The van der Waals surface area contributed by atoms with Crippen LogP contribution in [0, 0.1) is 12.3 Å². The SMILES string of the molecule is Cc1noc([C@](C)(N(C)C(=O)c2nc(-c3ccccc3)n3c2CN(C(=O)OC(C)(C)C)CCC3)C(C)(C)C)n1. The smallest absolute Gasteiger partial charge is 0.410 e. The standard InChI is InChI=1S/C29H40N6O4/c1-19-30-25(39-32-19)29(8,27(2,3)4)33(9)24(36)22-21-18-34(26(37)38-28(5,6)7)16-13-17-35(21)23(31-22)20-14-11-10-12-15-20/h10-12,14-15H,13,16-18H2,1-9H3/t29-/m0/s1. The van der Waals surface area contributed by atoms with Crippen LogP contribution in [0.4, 0.5) is 4.79 Å². The predicted octanol–water partition coefficient (Wildman–Crippen LogP) is 5.42. The number of carbonyl (C=O) groups is 2. The largest absolute Gasteiger partial charge is 0.444 e. The van der Waals surface area contributed by atoms with Gasteiger partial charge < -0.3 is 23.6 Å². The minimum atomic E-state index is -0.940. The molecule has 0 N–H and O–H groups in total. The molecule has 3 aromatic rings. The van der Waals surface area contributed by atoms with Crippen molar-refractivity contribution in [2.24, 2.45) is 5.41 Å². The van der Waals surface area contributed by atoms with Gasteiger partial charge >= 0.3 is 6.09 Å². The van der Waals surface area contributed by atoms with Crippen LogP contribution in [0.2, 0.25) is 0 Å². The minimum Gasteiger partial charge on any atom is -0.444 e. The van der Waals surface area contributed by atoms with Gasteiger partial charge in [0, 0.05) is 25.7 Å². The van der Waals surface area contributed by atoms with Crippen molar-refractivity contribution in [3.63, 3.8) is 0 Å². The number of benzene rings is 1. The molecule has 10 nitrogen and oxygen atoms in total. The Morgan fingerprint density at radius 1 is 1.00 bits per heavy atom. The zero-order chi connectivity index (χ0) is 28.8. The van der Waals surface area contributed by atoms with E-state index in [-0.39, 0.29) is 12.5 Å². The summed E-state index contributed by atoms with van der Waals surface area (Å²) >= 11 is 0. The van der Waals surface area contributed by atoms with Gasteiger partial charge in [-0.3, -0.25) is 4.79 Å². The highest BCUT2D eigenvalue weighted by atomic mass is 16.6. The number of amides is 2. The number of carbonyl (C=O) groups excluding carboxylic acids is 2. The topological polar surface area (TPSA) is 107 Å². The lowest BCUT2D eigenvalue weighted by Crippen LogP contribution is -2.53. The molecule has 0 unspecified atom stereocenters. The van der Waals surface area contributed by atoms with Crippen LogP contribution in [0.1, 0.15) is 82.8 Å². The molecule has 1 aromatic carbocycles. The van der Waals surface area contributed by atoms with E-state index in [0.717, 1.165) is 5.56 Å². The first-order valence-corrected chi connectivity index (χ1v) is 13.3. The molecule has 10 heteroatoms. The highest BCUT2D eigenvalue weighted by Crippen LogP contribution is 2.43. The second-order valence-electron chi connectivity index (χ2n) is 12.3. The number of nitrogens with zero attached hydrogens (tertiary/aromatic N) is 6. The molecular formula is C29H40N6O4. The van der Waals surface area contributed by atoms with Gasteiger partial charge in [0.1, 0.15) is 17.0 Å². The zero-order valence-corrected chi connectivity index (χ0v) is 24.5. The summed E-state index contributed by atoms with van der Waals surface area (Å²) in [7, 11) is 1.74. The van der Waals surface area contributed by atoms with Gasteiger partial charge in [0.2, 0.25) is 0 Å². The molecule has 1 atom stereocenters.